The molecule has 132 valence electrons. The van der Waals surface area contributed by atoms with Gasteiger partial charge in [-0.3, -0.25) is 0 Å². The lowest BCUT2D eigenvalue weighted by Crippen LogP contribution is -2.22. The molecule has 0 atom stereocenters. The number of benzene rings is 2. The van der Waals surface area contributed by atoms with E-state index in [0.29, 0.717) is 18.7 Å². The number of hydrogen-bond donors (Lipinski definition) is 1. The van der Waals surface area contributed by atoms with Crippen molar-refractivity contribution in [2.75, 3.05) is 19.0 Å². The second kappa shape index (κ2) is 7.95. The Hall–Kier alpha value is -2.65. The van der Waals surface area contributed by atoms with Gasteiger partial charge in [0.2, 0.25) is 0 Å². The van der Waals surface area contributed by atoms with Crippen molar-refractivity contribution in [1.29, 1.82) is 0 Å². The van der Waals surface area contributed by atoms with Crippen LogP contribution in [0.15, 0.2) is 47.4 Å². The zero-order chi connectivity index (χ0) is 18.4. The van der Waals surface area contributed by atoms with Crippen molar-refractivity contribution in [2.45, 2.75) is 25.3 Å². The summed E-state index contributed by atoms with van der Waals surface area (Å²) in [5, 5.41) is 3.29. The maximum atomic E-state index is 12.3. The van der Waals surface area contributed by atoms with Gasteiger partial charge in [0, 0.05) is 25.3 Å². The first-order valence-corrected chi connectivity index (χ1v) is 9.34. The van der Waals surface area contributed by atoms with E-state index < -0.39 is 10.0 Å². The molecule has 0 fully saturated rings. The van der Waals surface area contributed by atoms with Crippen LogP contribution in [0.25, 0.3) is 0 Å². The zero-order valence-electron chi connectivity index (χ0n) is 14.6. The van der Waals surface area contributed by atoms with Gasteiger partial charge in [-0.05, 0) is 55.3 Å². The molecule has 1 N–H and O–H groups in total. The summed E-state index contributed by atoms with van der Waals surface area (Å²) >= 11 is 0. The predicted molar refractivity (Wildman–Crippen MR) is 99.9 cm³/mol. The van der Waals surface area contributed by atoms with E-state index in [0.717, 1.165) is 21.3 Å². The van der Waals surface area contributed by atoms with E-state index in [1.54, 1.807) is 25.1 Å². The van der Waals surface area contributed by atoms with Gasteiger partial charge in [-0.15, -0.1) is 0 Å². The van der Waals surface area contributed by atoms with E-state index >= 15 is 0 Å². The van der Waals surface area contributed by atoms with Gasteiger partial charge < -0.3 is 10.1 Å². The molecule has 0 heterocycles. The Morgan fingerprint density at radius 3 is 2.44 bits per heavy atom. The first-order chi connectivity index (χ1) is 11.9. The SMILES string of the molecule is C#CN(C)S(=O)(=O)c1ccc(NCc2ccc(OCC)cc2)cc1C. The Balaban J connectivity index is 2.09. The normalized spacial score (nSPS) is 10.8. The van der Waals surface area contributed by atoms with E-state index in [4.69, 9.17) is 11.2 Å². The number of sulfonamides is 1. The summed E-state index contributed by atoms with van der Waals surface area (Å²) in [6.45, 7) is 4.96. The number of anilines is 1. The topological polar surface area (TPSA) is 58.6 Å². The molecule has 0 aliphatic heterocycles. The molecule has 2 aromatic rings. The lowest BCUT2D eigenvalue weighted by molar-refractivity contribution is 0.340. The molecular formula is C19H22N2O3S. The second-order valence-electron chi connectivity index (χ2n) is 5.51. The quantitative estimate of drug-likeness (QED) is 0.610. The highest BCUT2D eigenvalue weighted by molar-refractivity contribution is 7.89. The van der Waals surface area contributed by atoms with Crippen molar-refractivity contribution >= 4 is 15.7 Å². The van der Waals surface area contributed by atoms with Crippen molar-refractivity contribution in [3.05, 3.63) is 53.6 Å². The van der Waals surface area contributed by atoms with Crippen LogP contribution in [0, 0.1) is 19.4 Å². The average Bonchev–Trinajstić information content (AvgIpc) is 2.60. The molecular weight excluding hydrogens is 336 g/mol. The van der Waals surface area contributed by atoms with Crippen LogP contribution in [0.3, 0.4) is 0 Å². The highest BCUT2D eigenvalue weighted by atomic mass is 32.2. The van der Waals surface area contributed by atoms with Gasteiger partial charge in [0.25, 0.3) is 10.0 Å². The van der Waals surface area contributed by atoms with Crippen LogP contribution in [0.1, 0.15) is 18.1 Å². The number of terminal acetylenes is 1. The Morgan fingerprint density at radius 2 is 1.88 bits per heavy atom. The van der Waals surface area contributed by atoms with Crippen molar-refractivity contribution in [2.24, 2.45) is 0 Å². The average molecular weight is 358 g/mol. The lowest BCUT2D eigenvalue weighted by atomic mass is 10.2. The smallest absolute Gasteiger partial charge is 0.270 e. The highest BCUT2D eigenvalue weighted by Crippen LogP contribution is 2.22. The molecule has 0 bridgehead atoms. The summed E-state index contributed by atoms with van der Waals surface area (Å²) in [7, 11) is -2.30. The molecule has 6 heteroatoms. The maximum Gasteiger partial charge on any atom is 0.270 e. The zero-order valence-corrected chi connectivity index (χ0v) is 15.4. The summed E-state index contributed by atoms with van der Waals surface area (Å²) < 4.78 is 30.9. The fourth-order valence-electron chi connectivity index (χ4n) is 2.34. The van der Waals surface area contributed by atoms with Crippen molar-refractivity contribution in [3.8, 4) is 18.2 Å². The van der Waals surface area contributed by atoms with Crippen LogP contribution < -0.4 is 10.1 Å². The Kier molecular flexibility index (Phi) is 5.94. The van der Waals surface area contributed by atoms with E-state index in [9.17, 15) is 8.42 Å². The van der Waals surface area contributed by atoms with Crippen LogP contribution in [-0.4, -0.2) is 26.4 Å². The Morgan fingerprint density at radius 1 is 1.20 bits per heavy atom. The monoisotopic (exact) mass is 358 g/mol. The highest BCUT2D eigenvalue weighted by Gasteiger charge is 2.20. The van der Waals surface area contributed by atoms with Gasteiger partial charge >= 0.3 is 0 Å². The van der Waals surface area contributed by atoms with E-state index in [1.165, 1.54) is 7.05 Å². The van der Waals surface area contributed by atoms with Gasteiger partial charge in [0.05, 0.1) is 11.5 Å². The maximum absolute atomic E-state index is 12.3. The Labute approximate surface area is 149 Å². The molecule has 2 rings (SSSR count). The molecule has 5 nitrogen and oxygen atoms in total. The third-order valence-corrected chi connectivity index (χ3v) is 5.57. The standard InChI is InChI=1S/C19H22N2O3S/c1-5-21(4)25(22,23)19-12-9-17(13-15(19)3)20-14-16-7-10-18(11-8-16)24-6-2/h1,7-13,20H,6,14H2,2-4H3. The third kappa shape index (κ3) is 4.46. The van der Waals surface area contributed by atoms with Gasteiger partial charge in [-0.25, -0.2) is 12.7 Å². The van der Waals surface area contributed by atoms with Crippen molar-refractivity contribution in [1.82, 2.24) is 4.31 Å². The minimum Gasteiger partial charge on any atom is -0.494 e. The summed E-state index contributed by atoms with van der Waals surface area (Å²) in [6, 6.07) is 15.1. The number of nitrogens with one attached hydrogen (secondary N) is 1. The van der Waals surface area contributed by atoms with Gasteiger partial charge in [-0.2, -0.15) is 0 Å². The molecule has 0 saturated carbocycles. The molecule has 0 radical (unpaired) electrons. The van der Waals surface area contributed by atoms with E-state index in [2.05, 4.69) is 11.4 Å². The molecule has 0 amide bonds. The molecule has 0 saturated heterocycles. The number of hydrogen-bond acceptors (Lipinski definition) is 4. The van der Waals surface area contributed by atoms with Crippen molar-refractivity contribution < 1.29 is 13.2 Å². The van der Waals surface area contributed by atoms with Crippen LogP contribution in [0.2, 0.25) is 0 Å². The minimum atomic E-state index is -3.66. The summed E-state index contributed by atoms with van der Waals surface area (Å²) in [6.07, 6.45) is 5.19. The van der Waals surface area contributed by atoms with Crippen LogP contribution in [0.4, 0.5) is 5.69 Å². The van der Waals surface area contributed by atoms with Gasteiger partial charge in [-0.1, -0.05) is 18.6 Å². The van der Waals surface area contributed by atoms with E-state index in [-0.39, 0.29) is 4.90 Å². The first-order valence-electron chi connectivity index (χ1n) is 7.90. The summed E-state index contributed by atoms with van der Waals surface area (Å²) in [5.41, 5.74) is 2.58. The summed E-state index contributed by atoms with van der Waals surface area (Å²) in [4.78, 5) is 0.208. The molecule has 2 aromatic carbocycles. The predicted octanol–water partition coefficient (Wildman–Crippen LogP) is 3.22. The third-order valence-electron chi connectivity index (χ3n) is 3.73. The number of ether oxygens (including phenoxy) is 1. The molecule has 0 unspecified atom stereocenters. The number of aryl methyl sites for hydroxylation is 1. The van der Waals surface area contributed by atoms with Crippen molar-refractivity contribution in [3.63, 3.8) is 0 Å². The van der Waals surface area contributed by atoms with Crippen LogP contribution in [0.5, 0.6) is 5.75 Å². The second-order valence-corrected chi connectivity index (χ2v) is 7.45. The van der Waals surface area contributed by atoms with Crippen LogP contribution >= 0.6 is 0 Å². The molecule has 0 spiro atoms. The Bertz CT molecular complexity index is 869. The van der Waals surface area contributed by atoms with Gasteiger partial charge in [0.1, 0.15) is 5.75 Å². The molecule has 0 aliphatic carbocycles. The fourth-order valence-corrected chi connectivity index (χ4v) is 3.48. The number of nitrogens with zero attached hydrogens (tertiary/aromatic N) is 1. The number of rotatable bonds is 7. The van der Waals surface area contributed by atoms with E-state index in [1.807, 2.05) is 31.2 Å². The molecule has 0 aliphatic rings. The summed E-state index contributed by atoms with van der Waals surface area (Å²) in [5.74, 6) is 0.842. The van der Waals surface area contributed by atoms with Gasteiger partial charge in [0.15, 0.2) is 0 Å². The molecule has 0 aromatic heterocycles. The first kappa shape index (κ1) is 18.7. The molecule has 25 heavy (non-hydrogen) atoms. The largest absolute Gasteiger partial charge is 0.494 e. The lowest BCUT2D eigenvalue weighted by Gasteiger charge is -2.15. The van der Waals surface area contributed by atoms with Crippen LogP contribution in [-0.2, 0) is 16.6 Å². The fraction of sp³-hybridized carbons (Fsp3) is 0.263. The minimum absolute atomic E-state index is 0.208.